The van der Waals surface area contributed by atoms with Crippen LogP contribution in [-0.4, -0.2) is 6.04 Å². The first-order chi connectivity index (χ1) is 11.6. The number of hydrogen-bond donors (Lipinski definition) is 2. The summed E-state index contributed by atoms with van der Waals surface area (Å²) in [7, 11) is 0. The van der Waals surface area contributed by atoms with E-state index in [-0.39, 0.29) is 0 Å². The number of anilines is 1. The first-order valence-corrected chi connectivity index (χ1v) is 9.50. The van der Waals surface area contributed by atoms with Crippen molar-refractivity contribution >= 4 is 27.2 Å². The van der Waals surface area contributed by atoms with Gasteiger partial charge in [-0.1, -0.05) is 58.8 Å². The van der Waals surface area contributed by atoms with Gasteiger partial charge in [0.05, 0.1) is 0 Å². The molecule has 3 heteroatoms. The third kappa shape index (κ3) is 4.28. The van der Waals surface area contributed by atoms with E-state index in [0.29, 0.717) is 12.1 Å². The highest BCUT2D eigenvalue weighted by Gasteiger charge is 2.17. The minimum absolute atomic E-state index is 0.339. The number of rotatable bonds is 4. The van der Waals surface area contributed by atoms with Gasteiger partial charge < -0.3 is 11.1 Å². The number of halogens is 1. The quantitative estimate of drug-likeness (QED) is 0.662. The SMILES string of the molecule is C[C@@H](NC1C=C(c2cc(Br)ccc2N)CCCC1)c1ccccc1. The van der Waals surface area contributed by atoms with Crippen LogP contribution in [0.5, 0.6) is 0 Å². The number of nitrogen functional groups attached to an aromatic ring is 1. The molecule has 1 aliphatic rings. The van der Waals surface area contributed by atoms with Gasteiger partial charge in [0.25, 0.3) is 0 Å². The molecule has 0 saturated carbocycles. The summed E-state index contributed by atoms with van der Waals surface area (Å²) < 4.78 is 1.08. The molecule has 0 aliphatic heterocycles. The highest BCUT2D eigenvalue weighted by Crippen LogP contribution is 2.32. The lowest BCUT2D eigenvalue weighted by Gasteiger charge is -2.21. The standard InChI is InChI=1S/C21H25BrN2/c1-15(16-7-3-2-4-8-16)24-19-10-6-5-9-17(13-19)20-14-18(22)11-12-21(20)23/h2-4,7-8,11-15,19,24H,5-6,9-10,23H2,1H3/t15-,19?/m1/s1. The highest BCUT2D eigenvalue weighted by atomic mass is 79.9. The lowest BCUT2D eigenvalue weighted by molar-refractivity contribution is 0.480. The fourth-order valence-corrected chi connectivity index (χ4v) is 3.77. The largest absolute Gasteiger partial charge is 0.398 e. The Kier molecular flexibility index (Phi) is 5.75. The summed E-state index contributed by atoms with van der Waals surface area (Å²) >= 11 is 3.57. The molecule has 3 N–H and O–H groups in total. The molecule has 1 aliphatic carbocycles. The van der Waals surface area contributed by atoms with Gasteiger partial charge >= 0.3 is 0 Å². The van der Waals surface area contributed by atoms with Crippen LogP contribution >= 0.6 is 15.9 Å². The van der Waals surface area contributed by atoms with E-state index in [1.54, 1.807) is 0 Å². The molecule has 0 fully saturated rings. The molecule has 3 rings (SSSR count). The predicted octanol–water partition coefficient (Wildman–Crippen LogP) is 5.71. The molecular formula is C21H25BrN2. The second-order valence-electron chi connectivity index (χ2n) is 6.57. The third-order valence-corrected chi connectivity index (χ3v) is 5.23. The van der Waals surface area contributed by atoms with Crippen LogP contribution in [0.25, 0.3) is 5.57 Å². The second kappa shape index (κ2) is 8.00. The van der Waals surface area contributed by atoms with Crippen LogP contribution in [0.4, 0.5) is 5.69 Å². The van der Waals surface area contributed by atoms with Crippen LogP contribution in [0.15, 0.2) is 59.1 Å². The molecular weight excluding hydrogens is 360 g/mol. The van der Waals surface area contributed by atoms with E-state index in [9.17, 15) is 0 Å². The number of nitrogens with two attached hydrogens (primary N) is 1. The molecule has 1 unspecified atom stereocenters. The van der Waals surface area contributed by atoms with E-state index >= 15 is 0 Å². The molecule has 0 spiro atoms. The molecule has 0 bridgehead atoms. The summed E-state index contributed by atoms with van der Waals surface area (Å²) in [6.07, 6.45) is 7.13. The Bertz CT molecular complexity index is 709. The van der Waals surface area contributed by atoms with Gasteiger partial charge in [-0.25, -0.2) is 0 Å². The lowest BCUT2D eigenvalue weighted by atomic mass is 9.99. The van der Waals surface area contributed by atoms with Crippen LogP contribution in [0.3, 0.4) is 0 Å². The Morgan fingerprint density at radius 1 is 1.12 bits per heavy atom. The number of hydrogen-bond acceptors (Lipinski definition) is 2. The minimum atomic E-state index is 0.339. The molecule has 0 radical (unpaired) electrons. The van der Waals surface area contributed by atoms with Crippen LogP contribution < -0.4 is 11.1 Å². The fourth-order valence-electron chi connectivity index (χ4n) is 3.41. The van der Waals surface area contributed by atoms with E-state index < -0.39 is 0 Å². The average molecular weight is 385 g/mol. The normalized spacial score (nSPS) is 19.4. The molecule has 2 nitrogen and oxygen atoms in total. The second-order valence-corrected chi connectivity index (χ2v) is 7.49. The first kappa shape index (κ1) is 17.2. The topological polar surface area (TPSA) is 38.0 Å². The van der Waals surface area contributed by atoms with Gasteiger partial charge in [-0.15, -0.1) is 0 Å². The maximum absolute atomic E-state index is 6.23. The zero-order valence-corrected chi connectivity index (χ0v) is 15.7. The van der Waals surface area contributed by atoms with Crippen molar-refractivity contribution in [1.29, 1.82) is 0 Å². The summed E-state index contributed by atoms with van der Waals surface area (Å²) in [5.74, 6) is 0. The summed E-state index contributed by atoms with van der Waals surface area (Å²) in [6, 6.07) is 17.5. The van der Waals surface area contributed by atoms with Crippen molar-refractivity contribution in [2.75, 3.05) is 5.73 Å². The van der Waals surface area contributed by atoms with Crippen molar-refractivity contribution in [2.24, 2.45) is 0 Å². The van der Waals surface area contributed by atoms with Crippen LogP contribution in [0.1, 0.15) is 49.8 Å². The van der Waals surface area contributed by atoms with Crippen molar-refractivity contribution in [3.8, 4) is 0 Å². The molecule has 0 heterocycles. The zero-order chi connectivity index (χ0) is 16.9. The summed E-state index contributed by atoms with van der Waals surface area (Å²) in [4.78, 5) is 0. The minimum Gasteiger partial charge on any atom is -0.398 e. The Balaban J connectivity index is 1.81. The smallest absolute Gasteiger partial charge is 0.0391 e. The van der Waals surface area contributed by atoms with E-state index in [0.717, 1.165) is 16.6 Å². The van der Waals surface area contributed by atoms with Gasteiger partial charge in [0.15, 0.2) is 0 Å². The third-order valence-electron chi connectivity index (χ3n) is 4.74. The van der Waals surface area contributed by atoms with Crippen molar-refractivity contribution in [1.82, 2.24) is 5.32 Å². The average Bonchev–Trinajstić information content (AvgIpc) is 2.83. The van der Waals surface area contributed by atoms with E-state index in [1.807, 2.05) is 12.1 Å². The van der Waals surface area contributed by atoms with Gasteiger partial charge in [-0.3, -0.25) is 0 Å². The number of allylic oxidation sites excluding steroid dienone is 1. The molecule has 0 amide bonds. The molecule has 2 aromatic rings. The van der Waals surface area contributed by atoms with Crippen molar-refractivity contribution in [3.05, 3.63) is 70.2 Å². The summed E-state index contributed by atoms with van der Waals surface area (Å²) in [6.45, 7) is 2.24. The number of benzene rings is 2. The van der Waals surface area contributed by atoms with E-state index in [1.165, 1.54) is 36.0 Å². The predicted molar refractivity (Wildman–Crippen MR) is 107 cm³/mol. The molecule has 126 valence electrons. The van der Waals surface area contributed by atoms with E-state index in [2.05, 4.69) is 70.6 Å². The number of nitrogens with one attached hydrogen (secondary N) is 1. The van der Waals surface area contributed by atoms with Gasteiger partial charge in [0, 0.05) is 27.8 Å². The van der Waals surface area contributed by atoms with Gasteiger partial charge in [-0.2, -0.15) is 0 Å². The Morgan fingerprint density at radius 3 is 2.71 bits per heavy atom. The van der Waals surface area contributed by atoms with Gasteiger partial charge in [0.2, 0.25) is 0 Å². The Labute approximate surface area is 153 Å². The Morgan fingerprint density at radius 2 is 1.92 bits per heavy atom. The monoisotopic (exact) mass is 384 g/mol. The maximum atomic E-state index is 6.23. The highest BCUT2D eigenvalue weighted by molar-refractivity contribution is 9.10. The van der Waals surface area contributed by atoms with Crippen LogP contribution in [0, 0.1) is 0 Å². The summed E-state index contributed by atoms with van der Waals surface area (Å²) in [5, 5.41) is 3.78. The summed E-state index contributed by atoms with van der Waals surface area (Å²) in [5.41, 5.74) is 11.0. The van der Waals surface area contributed by atoms with Gasteiger partial charge in [-0.05, 0) is 55.5 Å². The van der Waals surface area contributed by atoms with Crippen molar-refractivity contribution in [3.63, 3.8) is 0 Å². The first-order valence-electron chi connectivity index (χ1n) is 8.70. The molecule has 24 heavy (non-hydrogen) atoms. The van der Waals surface area contributed by atoms with Crippen molar-refractivity contribution < 1.29 is 0 Å². The fraction of sp³-hybridized carbons (Fsp3) is 0.333. The zero-order valence-electron chi connectivity index (χ0n) is 14.1. The molecule has 2 atom stereocenters. The molecule has 0 saturated heterocycles. The lowest BCUT2D eigenvalue weighted by Crippen LogP contribution is -2.29. The molecule has 2 aromatic carbocycles. The Hall–Kier alpha value is -1.58. The van der Waals surface area contributed by atoms with Gasteiger partial charge in [0.1, 0.15) is 0 Å². The van der Waals surface area contributed by atoms with Crippen LogP contribution in [-0.2, 0) is 0 Å². The molecule has 0 aromatic heterocycles. The van der Waals surface area contributed by atoms with Crippen LogP contribution in [0.2, 0.25) is 0 Å². The van der Waals surface area contributed by atoms with E-state index in [4.69, 9.17) is 5.73 Å². The maximum Gasteiger partial charge on any atom is 0.0391 e. The van der Waals surface area contributed by atoms with Crippen molar-refractivity contribution in [2.45, 2.75) is 44.7 Å².